The predicted molar refractivity (Wildman–Crippen MR) is 156 cm³/mol. The van der Waals surface area contributed by atoms with Crippen molar-refractivity contribution in [2.45, 2.75) is 109 Å². The molecule has 3 fully saturated rings. The van der Waals surface area contributed by atoms with Crippen molar-refractivity contribution in [3.05, 3.63) is 34.9 Å². The largest absolute Gasteiger partial charge is 0.458 e. The van der Waals surface area contributed by atoms with E-state index in [0.29, 0.717) is 35.7 Å². The monoisotopic (exact) mass is 600 g/mol. The van der Waals surface area contributed by atoms with Gasteiger partial charge in [0.1, 0.15) is 30.5 Å². The van der Waals surface area contributed by atoms with E-state index in [1.807, 2.05) is 19.1 Å². The average Bonchev–Trinajstić information content (AvgIpc) is 3.34. The van der Waals surface area contributed by atoms with E-state index >= 15 is 0 Å². The molecule has 4 N–H and O–H groups in total. The van der Waals surface area contributed by atoms with Crippen molar-refractivity contribution in [1.82, 2.24) is 0 Å². The van der Waals surface area contributed by atoms with Gasteiger partial charge in [-0.05, 0) is 93.5 Å². The fraction of sp³-hybridized carbons (Fsp3) is 0.765. The number of hydrogen-bond acceptors (Lipinski definition) is 9. The van der Waals surface area contributed by atoms with E-state index in [1.54, 1.807) is 0 Å². The highest BCUT2D eigenvalue weighted by Gasteiger charge is 2.61. The second-order valence-electron chi connectivity index (χ2n) is 14.5. The zero-order valence-corrected chi connectivity index (χ0v) is 25.8. The lowest BCUT2D eigenvalue weighted by Gasteiger charge is -2.57. The minimum absolute atomic E-state index is 0.131. The van der Waals surface area contributed by atoms with Gasteiger partial charge in [-0.1, -0.05) is 37.1 Å². The van der Waals surface area contributed by atoms with Crippen molar-refractivity contribution in [1.29, 1.82) is 0 Å². The van der Waals surface area contributed by atoms with E-state index in [0.717, 1.165) is 44.1 Å². The predicted octanol–water partition coefficient (Wildman–Crippen LogP) is 3.00. The lowest BCUT2D eigenvalue weighted by atomic mass is 9.47. The summed E-state index contributed by atoms with van der Waals surface area (Å²) in [5.74, 6) is 1.84. The molecule has 2 aliphatic heterocycles. The van der Waals surface area contributed by atoms with Crippen LogP contribution in [0.5, 0.6) is 0 Å². The maximum Gasteiger partial charge on any atom is 0.336 e. The van der Waals surface area contributed by atoms with Crippen LogP contribution in [-0.2, 0) is 23.8 Å². The minimum Gasteiger partial charge on any atom is -0.458 e. The fourth-order valence-electron chi connectivity index (χ4n) is 10.0. The van der Waals surface area contributed by atoms with Crippen LogP contribution in [0, 0.1) is 40.4 Å². The van der Waals surface area contributed by atoms with Gasteiger partial charge in [-0.2, -0.15) is 0 Å². The summed E-state index contributed by atoms with van der Waals surface area (Å²) in [5.41, 5.74) is 2.31. The van der Waals surface area contributed by atoms with Gasteiger partial charge in [0.2, 0.25) is 0 Å². The van der Waals surface area contributed by atoms with Crippen LogP contribution in [0.4, 0.5) is 0 Å². The van der Waals surface area contributed by atoms with Gasteiger partial charge in [-0.25, -0.2) is 4.79 Å². The summed E-state index contributed by atoms with van der Waals surface area (Å²) in [4.78, 5) is 26.5. The van der Waals surface area contributed by atoms with Gasteiger partial charge in [0.05, 0.1) is 24.2 Å². The Morgan fingerprint density at radius 2 is 1.84 bits per heavy atom. The Morgan fingerprint density at radius 3 is 2.56 bits per heavy atom. The molecule has 1 saturated heterocycles. The summed E-state index contributed by atoms with van der Waals surface area (Å²) >= 11 is 0. The molecule has 6 rings (SSSR count). The van der Waals surface area contributed by atoms with Crippen molar-refractivity contribution in [2.75, 3.05) is 13.2 Å². The number of cyclic esters (lactones) is 1. The number of rotatable bonds is 6. The number of ketones is 1. The van der Waals surface area contributed by atoms with Gasteiger partial charge < -0.3 is 34.6 Å². The van der Waals surface area contributed by atoms with E-state index in [-0.39, 0.29) is 35.2 Å². The highest BCUT2D eigenvalue weighted by Crippen LogP contribution is 2.66. The number of ether oxygens (including phenoxy) is 3. The van der Waals surface area contributed by atoms with Crippen LogP contribution in [0.25, 0.3) is 0 Å². The van der Waals surface area contributed by atoms with Crippen LogP contribution in [0.15, 0.2) is 34.9 Å². The van der Waals surface area contributed by atoms with Gasteiger partial charge in [-0.3, -0.25) is 4.79 Å². The SMILES string of the molecule is CC1=C(CO[C@@H]2O[C@@H](CO)[C@H](O)[C@H](O)[C@H]2O)C(=O)OC([C@@H](C)C2CCC3C4CC=C5CC=CC(=O)[C@]5(C)C4CC[C@@]32C)C1. The topological polar surface area (TPSA) is 143 Å². The van der Waals surface area contributed by atoms with Crippen molar-refractivity contribution >= 4 is 11.8 Å². The molecule has 0 aromatic carbocycles. The first-order chi connectivity index (χ1) is 20.4. The van der Waals surface area contributed by atoms with Gasteiger partial charge in [0.25, 0.3) is 0 Å². The molecule has 9 heteroatoms. The van der Waals surface area contributed by atoms with Gasteiger partial charge in [0.15, 0.2) is 12.1 Å². The molecule has 0 radical (unpaired) electrons. The molecule has 0 aromatic rings. The lowest BCUT2D eigenvalue weighted by molar-refractivity contribution is -0.299. The standard InChI is InChI=1S/C34H48O9/c1-17-14-25(42-31(40)21(17)16-41-32-30(39)29(38)28(37)26(15-35)43-32)18(2)22-10-11-23-20-9-8-19-6-5-7-27(36)34(19,4)24(20)12-13-33(22,23)3/h5,7-8,18,20,22-26,28-30,32,35,37-39H,6,9-16H2,1-4H3/t18-,20?,22?,23?,24?,25?,26-,28-,29-,30+,32+,33+,34-/m0/s1. The summed E-state index contributed by atoms with van der Waals surface area (Å²) in [7, 11) is 0. The molecule has 0 amide bonds. The Balaban J connectivity index is 1.12. The van der Waals surface area contributed by atoms with E-state index < -0.39 is 43.3 Å². The molecule has 13 atom stereocenters. The molecule has 43 heavy (non-hydrogen) atoms. The number of fused-ring (bicyclic) bond motifs is 5. The minimum atomic E-state index is -1.55. The Morgan fingerprint density at radius 1 is 1.07 bits per heavy atom. The molecule has 6 aliphatic rings. The molecule has 5 unspecified atom stereocenters. The summed E-state index contributed by atoms with van der Waals surface area (Å²) in [6, 6.07) is 0. The first-order valence-electron chi connectivity index (χ1n) is 16.1. The van der Waals surface area contributed by atoms with Crippen LogP contribution in [0.1, 0.15) is 72.6 Å². The molecule has 0 spiro atoms. The normalized spacial score (nSPS) is 46.9. The molecule has 238 valence electrons. The van der Waals surface area contributed by atoms with Crippen LogP contribution in [0.2, 0.25) is 0 Å². The van der Waals surface area contributed by atoms with Crippen molar-refractivity contribution in [3.8, 4) is 0 Å². The van der Waals surface area contributed by atoms with Crippen molar-refractivity contribution in [3.63, 3.8) is 0 Å². The number of carbonyl (C=O) groups excluding carboxylic acids is 2. The summed E-state index contributed by atoms with van der Waals surface area (Å²) in [6.45, 7) is 8.03. The molecule has 4 aliphatic carbocycles. The van der Waals surface area contributed by atoms with Gasteiger partial charge >= 0.3 is 5.97 Å². The van der Waals surface area contributed by atoms with Crippen molar-refractivity contribution < 1.29 is 44.2 Å². The molecule has 0 bridgehead atoms. The molecule has 9 nitrogen and oxygen atoms in total. The van der Waals surface area contributed by atoms with Crippen LogP contribution >= 0.6 is 0 Å². The highest BCUT2D eigenvalue weighted by atomic mass is 16.7. The van der Waals surface area contributed by atoms with E-state index in [4.69, 9.17) is 14.2 Å². The van der Waals surface area contributed by atoms with Crippen molar-refractivity contribution in [2.24, 2.45) is 40.4 Å². The average molecular weight is 601 g/mol. The molecule has 2 heterocycles. The molecular formula is C34H48O9. The zero-order valence-electron chi connectivity index (χ0n) is 25.8. The highest BCUT2D eigenvalue weighted by molar-refractivity contribution is 5.98. The Labute approximate surface area is 254 Å². The summed E-state index contributed by atoms with van der Waals surface area (Å²) < 4.78 is 17.1. The number of aliphatic hydroxyl groups excluding tert-OH is 4. The maximum absolute atomic E-state index is 13.2. The molecule has 0 aromatic heterocycles. The maximum atomic E-state index is 13.2. The zero-order chi connectivity index (χ0) is 30.8. The third kappa shape index (κ3) is 4.90. The number of esters is 1. The Kier molecular flexibility index (Phi) is 8.31. The quantitative estimate of drug-likeness (QED) is 0.267. The van der Waals surface area contributed by atoms with Crippen LogP contribution < -0.4 is 0 Å². The number of hydrogen-bond donors (Lipinski definition) is 4. The second kappa shape index (κ2) is 11.5. The summed E-state index contributed by atoms with van der Waals surface area (Å²) in [6.07, 6.45) is 5.92. The third-order valence-electron chi connectivity index (χ3n) is 12.7. The van der Waals surface area contributed by atoms with Gasteiger partial charge in [0, 0.05) is 6.42 Å². The lowest BCUT2D eigenvalue weighted by Crippen LogP contribution is -2.59. The van der Waals surface area contributed by atoms with Gasteiger partial charge in [-0.15, -0.1) is 0 Å². The first-order valence-corrected chi connectivity index (χ1v) is 16.1. The van der Waals surface area contributed by atoms with E-state index in [1.165, 1.54) is 5.57 Å². The molecule has 2 saturated carbocycles. The second-order valence-corrected chi connectivity index (χ2v) is 14.5. The Bertz CT molecular complexity index is 1220. The fourth-order valence-corrected chi connectivity index (χ4v) is 10.0. The summed E-state index contributed by atoms with van der Waals surface area (Å²) in [5, 5.41) is 39.8. The number of carbonyl (C=O) groups is 2. The molecular weight excluding hydrogens is 552 g/mol. The van der Waals surface area contributed by atoms with Crippen LogP contribution in [-0.4, -0.2) is 82.2 Å². The van der Waals surface area contributed by atoms with E-state index in [2.05, 4.69) is 26.8 Å². The number of allylic oxidation sites excluding steroid dienone is 4. The smallest absolute Gasteiger partial charge is 0.336 e. The van der Waals surface area contributed by atoms with Crippen LogP contribution in [0.3, 0.4) is 0 Å². The number of aliphatic hydroxyl groups is 4. The van der Waals surface area contributed by atoms with E-state index in [9.17, 15) is 30.0 Å². The third-order valence-corrected chi connectivity index (χ3v) is 12.7. The Hall–Kier alpha value is -1.88. The first kappa shape index (κ1) is 31.1.